The van der Waals surface area contributed by atoms with Gasteiger partial charge in [-0.15, -0.1) is 0 Å². The van der Waals surface area contributed by atoms with E-state index in [0.717, 1.165) is 5.92 Å². The van der Waals surface area contributed by atoms with Gasteiger partial charge in [0, 0.05) is 5.41 Å². The Bertz CT molecular complexity index is 434. The Morgan fingerprint density at radius 1 is 0.889 bits per heavy atom. The quantitative estimate of drug-likeness (QED) is 0.678. The fraction of sp³-hybridized carbons (Fsp3) is 0.444. The summed E-state index contributed by atoms with van der Waals surface area (Å²) in [5, 5.41) is 0. The Hall–Kier alpha value is -1.30. The van der Waals surface area contributed by atoms with Gasteiger partial charge < -0.3 is 0 Å². The highest BCUT2D eigenvalue weighted by atomic mass is 14.4. The van der Waals surface area contributed by atoms with E-state index in [1.165, 1.54) is 44.1 Å². The van der Waals surface area contributed by atoms with Crippen molar-refractivity contribution in [3.8, 4) is 0 Å². The van der Waals surface area contributed by atoms with E-state index in [-0.39, 0.29) is 5.41 Å². The molecule has 0 bridgehead atoms. The molecule has 0 saturated heterocycles. The maximum atomic E-state index is 2.47. The standard InChI is InChI=1S/C18H22/c1-4-10-16(11-5-1)18(14-8-3-9-15-18)17-12-6-2-7-13-17/h1,3-5,8-11,14,17H,2,6-7,12-13,15H2. The predicted molar refractivity (Wildman–Crippen MR) is 77.6 cm³/mol. The summed E-state index contributed by atoms with van der Waals surface area (Å²) < 4.78 is 0. The van der Waals surface area contributed by atoms with Gasteiger partial charge >= 0.3 is 0 Å². The molecular weight excluding hydrogens is 216 g/mol. The fourth-order valence-corrected chi connectivity index (χ4v) is 3.76. The van der Waals surface area contributed by atoms with E-state index in [1.807, 2.05) is 0 Å². The van der Waals surface area contributed by atoms with Crippen LogP contribution >= 0.6 is 0 Å². The highest BCUT2D eigenvalue weighted by Gasteiger charge is 2.38. The Morgan fingerprint density at radius 3 is 2.33 bits per heavy atom. The van der Waals surface area contributed by atoms with E-state index in [0.29, 0.717) is 0 Å². The van der Waals surface area contributed by atoms with Crippen LogP contribution in [-0.4, -0.2) is 0 Å². The third-order valence-electron chi connectivity index (χ3n) is 4.74. The van der Waals surface area contributed by atoms with Crippen LogP contribution in [0.25, 0.3) is 0 Å². The first-order valence-electron chi connectivity index (χ1n) is 7.32. The van der Waals surface area contributed by atoms with Crippen molar-refractivity contribution < 1.29 is 0 Å². The normalized spacial score (nSPS) is 28.4. The molecule has 2 aliphatic rings. The van der Waals surface area contributed by atoms with E-state index < -0.39 is 0 Å². The molecule has 0 heterocycles. The average molecular weight is 238 g/mol. The lowest BCUT2D eigenvalue weighted by Crippen LogP contribution is -2.35. The van der Waals surface area contributed by atoms with Crippen LogP contribution < -0.4 is 0 Å². The number of hydrogen-bond acceptors (Lipinski definition) is 0. The number of allylic oxidation sites excluding steroid dienone is 4. The van der Waals surface area contributed by atoms with Crippen molar-refractivity contribution in [2.45, 2.75) is 43.9 Å². The lowest BCUT2D eigenvalue weighted by Gasteiger charge is -2.42. The van der Waals surface area contributed by atoms with Crippen LogP contribution in [0.1, 0.15) is 44.1 Å². The minimum Gasteiger partial charge on any atom is -0.0833 e. The summed E-state index contributed by atoms with van der Waals surface area (Å²) in [5.74, 6) is 0.829. The average Bonchev–Trinajstić information content (AvgIpc) is 2.50. The molecule has 18 heavy (non-hydrogen) atoms. The third kappa shape index (κ3) is 2.05. The van der Waals surface area contributed by atoms with Crippen molar-refractivity contribution in [3.63, 3.8) is 0 Å². The molecule has 94 valence electrons. The second-order valence-corrected chi connectivity index (χ2v) is 5.73. The molecule has 1 atom stereocenters. The summed E-state index contributed by atoms with van der Waals surface area (Å²) in [6.07, 6.45) is 17.5. The fourth-order valence-electron chi connectivity index (χ4n) is 3.76. The van der Waals surface area contributed by atoms with Crippen LogP contribution in [0, 0.1) is 5.92 Å². The zero-order chi connectivity index (χ0) is 12.3. The largest absolute Gasteiger partial charge is 0.0833 e. The minimum absolute atomic E-state index is 0.274. The summed E-state index contributed by atoms with van der Waals surface area (Å²) in [6.45, 7) is 0. The molecule has 3 rings (SSSR count). The number of rotatable bonds is 2. The van der Waals surface area contributed by atoms with E-state index in [4.69, 9.17) is 0 Å². The van der Waals surface area contributed by atoms with E-state index in [2.05, 4.69) is 54.6 Å². The molecule has 0 aromatic heterocycles. The highest BCUT2D eigenvalue weighted by Crippen LogP contribution is 2.45. The van der Waals surface area contributed by atoms with Gasteiger partial charge in [-0.1, -0.05) is 73.9 Å². The van der Waals surface area contributed by atoms with Gasteiger partial charge in [-0.25, -0.2) is 0 Å². The molecule has 0 radical (unpaired) electrons. The molecule has 1 aromatic carbocycles. The van der Waals surface area contributed by atoms with Gasteiger partial charge in [-0.05, 0) is 30.7 Å². The monoisotopic (exact) mass is 238 g/mol. The second-order valence-electron chi connectivity index (χ2n) is 5.73. The molecule has 1 saturated carbocycles. The van der Waals surface area contributed by atoms with Gasteiger partial charge in [0.15, 0.2) is 0 Å². The van der Waals surface area contributed by atoms with E-state index in [9.17, 15) is 0 Å². The third-order valence-corrected chi connectivity index (χ3v) is 4.74. The maximum Gasteiger partial charge on any atom is 0.0198 e. The molecule has 0 nitrogen and oxygen atoms in total. The van der Waals surface area contributed by atoms with Crippen LogP contribution in [0.3, 0.4) is 0 Å². The van der Waals surface area contributed by atoms with Gasteiger partial charge in [-0.3, -0.25) is 0 Å². The molecule has 0 N–H and O–H groups in total. The Kier molecular flexibility index (Phi) is 3.36. The van der Waals surface area contributed by atoms with Crippen molar-refractivity contribution in [3.05, 3.63) is 60.2 Å². The molecule has 0 spiro atoms. The molecule has 0 amide bonds. The van der Waals surface area contributed by atoms with Crippen molar-refractivity contribution in [2.24, 2.45) is 5.92 Å². The number of benzene rings is 1. The minimum atomic E-state index is 0.274. The maximum absolute atomic E-state index is 2.47. The molecule has 1 aromatic rings. The highest BCUT2D eigenvalue weighted by molar-refractivity contribution is 5.37. The molecule has 2 aliphatic carbocycles. The lowest BCUT2D eigenvalue weighted by atomic mass is 9.62. The van der Waals surface area contributed by atoms with Crippen molar-refractivity contribution >= 4 is 0 Å². The zero-order valence-electron chi connectivity index (χ0n) is 11.0. The predicted octanol–water partition coefficient (Wildman–Crippen LogP) is 5.02. The Morgan fingerprint density at radius 2 is 1.67 bits per heavy atom. The van der Waals surface area contributed by atoms with E-state index in [1.54, 1.807) is 0 Å². The van der Waals surface area contributed by atoms with Crippen molar-refractivity contribution in [1.82, 2.24) is 0 Å². The van der Waals surface area contributed by atoms with Gasteiger partial charge in [-0.2, -0.15) is 0 Å². The Balaban J connectivity index is 1.98. The SMILES string of the molecule is C1=CCC(c2ccccc2)(C2CCCCC2)C=C1. The Labute approximate surface area is 110 Å². The van der Waals surface area contributed by atoms with Gasteiger partial charge in [0.2, 0.25) is 0 Å². The first-order valence-corrected chi connectivity index (χ1v) is 7.32. The lowest BCUT2D eigenvalue weighted by molar-refractivity contribution is 0.245. The van der Waals surface area contributed by atoms with Crippen LogP contribution in [0.4, 0.5) is 0 Å². The summed E-state index contributed by atoms with van der Waals surface area (Å²) in [5.41, 5.74) is 1.79. The van der Waals surface area contributed by atoms with Gasteiger partial charge in [0.05, 0.1) is 0 Å². The zero-order valence-corrected chi connectivity index (χ0v) is 11.0. The molecule has 1 unspecified atom stereocenters. The topological polar surface area (TPSA) is 0 Å². The van der Waals surface area contributed by atoms with Gasteiger partial charge in [0.1, 0.15) is 0 Å². The van der Waals surface area contributed by atoms with Crippen LogP contribution in [0.5, 0.6) is 0 Å². The first-order chi connectivity index (χ1) is 8.92. The molecule has 0 aliphatic heterocycles. The second kappa shape index (κ2) is 5.14. The van der Waals surface area contributed by atoms with Crippen LogP contribution in [0.15, 0.2) is 54.6 Å². The van der Waals surface area contributed by atoms with Crippen LogP contribution in [-0.2, 0) is 5.41 Å². The summed E-state index contributed by atoms with van der Waals surface area (Å²) in [6, 6.07) is 11.1. The molecular formula is C18H22. The smallest absolute Gasteiger partial charge is 0.0198 e. The van der Waals surface area contributed by atoms with Crippen molar-refractivity contribution in [1.29, 1.82) is 0 Å². The molecule has 0 heteroatoms. The summed E-state index contributed by atoms with van der Waals surface area (Å²) in [7, 11) is 0. The van der Waals surface area contributed by atoms with E-state index >= 15 is 0 Å². The summed E-state index contributed by atoms with van der Waals surface area (Å²) in [4.78, 5) is 0. The first kappa shape index (κ1) is 11.8. The summed E-state index contributed by atoms with van der Waals surface area (Å²) >= 11 is 0. The number of hydrogen-bond donors (Lipinski definition) is 0. The van der Waals surface area contributed by atoms with Crippen LogP contribution in [0.2, 0.25) is 0 Å². The van der Waals surface area contributed by atoms with Gasteiger partial charge in [0.25, 0.3) is 0 Å². The van der Waals surface area contributed by atoms with Crippen molar-refractivity contribution in [2.75, 3.05) is 0 Å². The molecule has 1 fully saturated rings.